The van der Waals surface area contributed by atoms with E-state index in [9.17, 15) is 4.79 Å². The Morgan fingerprint density at radius 3 is 3.06 bits per heavy atom. The van der Waals surface area contributed by atoms with Crippen LogP contribution in [0.3, 0.4) is 0 Å². The molecule has 1 aliphatic rings. The molecule has 4 rings (SSSR count). The Bertz CT molecular complexity index is 773. The summed E-state index contributed by atoms with van der Waals surface area (Å²) in [6, 6.07) is 7.72. The highest BCUT2D eigenvalue weighted by Crippen LogP contribution is 2.31. The number of fused-ring (bicyclic) bond motifs is 5. The number of nitrogens with one attached hydrogen (secondary N) is 2. The third kappa shape index (κ3) is 1.02. The largest absolute Gasteiger partial charge is 0.353 e. The van der Waals surface area contributed by atoms with E-state index in [1.54, 1.807) is 6.20 Å². The van der Waals surface area contributed by atoms with Crippen molar-refractivity contribution in [3.05, 3.63) is 41.6 Å². The van der Waals surface area contributed by atoms with Crippen molar-refractivity contribution < 1.29 is 4.79 Å². The molecule has 4 heteroatoms. The van der Waals surface area contributed by atoms with Crippen molar-refractivity contribution in [1.29, 1.82) is 0 Å². The summed E-state index contributed by atoms with van der Waals surface area (Å²) in [6.07, 6.45) is 1.78. The molecule has 1 amide bonds. The van der Waals surface area contributed by atoms with Gasteiger partial charge < -0.3 is 10.3 Å². The molecule has 0 atom stereocenters. The van der Waals surface area contributed by atoms with Crippen LogP contribution in [-0.4, -0.2) is 15.9 Å². The lowest BCUT2D eigenvalue weighted by Crippen LogP contribution is -2.12. The van der Waals surface area contributed by atoms with E-state index in [2.05, 4.69) is 15.3 Å². The van der Waals surface area contributed by atoms with Crippen LogP contribution in [0.25, 0.3) is 21.9 Å². The summed E-state index contributed by atoms with van der Waals surface area (Å²) in [5, 5.41) is 3.92. The Kier molecular flexibility index (Phi) is 1.47. The predicted molar refractivity (Wildman–Crippen MR) is 64.8 cm³/mol. The quantitative estimate of drug-likeness (QED) is 0.612. The molecule has 1 aromatic carbocycles. The lowest BCUT2D eigenvalue weighted by molar-refractivity contribution is 0.0966. The maximum Gasteiger partial charge on any atom is 0.251 e. The molecule has 2 N–H and O–H groups in total. The van der Waals surface area contributed by atoms with E-state index < -0.39 is 0 Å². The normalized spacial score (nSPS) is 14.2. The minimum absolute atomic E-state index is 0.00665. The Hall–Kier alpha value is -2.36. The second-order valence-corrected chi connectivity index (χ2v) is 4.22. The van der Waals surface area contributed by atoms with E-state index in [-0.39, 0.29) is 5.91 Å². The van der Waals surface area contributed by atoms with Gasteiger partial charge >= 0.3 is 0 Å². The first kappa shape index (κ1) is 8.75. The van der Waals surface area contributed by atoms with Gasteiger partial charge in [0.25, 0.3) is 5.91 Å². The molecule has 82 valence electrons. The van der Waals surface area contributed by atoms with Crippen LogP contribution in [0.4, 0.5) is 0 Å². The Labute approximate surface area is 96.7 Å². The molecular weight excluding hydrogens is 214 g/mol. The Morgan fingerprint density at radius 1 is 1.18 bits per heavy atom. The van der Waals surface area contributed by atoms with Gasteiger partial charge in [-0.1, -0.05) is 0 Å². The van der Waals surface area contributed by atoms with Crippen molar-refractivity contribution >= 4 is 27.8 Å². The van der Waals surface area contributed by atoms with Crippen LogP contribution in [0.1, 0.15) is 15.9 Å². The molecule has 0 unspecified atom stereocenters. The van der Waals surface area contributed by atoms with E-state index in [4.69, 9.17) is 0 Å². The van der Waals surface area contributed by atoms with Gasteiger partial charge in [-0.2, -0.15) is 0 Å². The summed E-state index contributed by atoms with van der Waals surface area (Å²) in [6.45, 7) is 0.592. The number of amides is 1. The molecule has 0 saturated heterocycles. The molecule has 0 aliphatic carbocycles. The minimum atomic E-state index is 0.00665. The van der Waals surface area contributed by atoms with Crippen LogP contribution in [0.5, 0.6) is 0 Å². The SMILES string of the molecule is O=C1NCc2c1ccc1[nH]c3cccnc3c21. The summed E-state index contributed by atoms with van der Waals surface area (Å²) < 4.78 is 0. The van der Waals surface area contributed by atoms with Gasteiger partial charge in [-0.15, -0.1) is 0 Å². The van der Waals surface area contributed by atoms with Gasteiger partial charge in [0.05, 0.1) is 11.0 Å². The van der Waals surface area contributed by atoms with Crippen molar-refractivity contribution in [2.24, 2.45) is 0 Å². The van der Waals surface area contributed by atoms with Gasteiger partial charge in [-0.05, 0) is 29.8 Å². The lowest BCUT2D eigenvalue weighted by Gasteiger charge is -1.98. The van der Waals surface area contributed by atoms with Gasteiger partial charge in [0, 0.05) is 29.2 Å². The highest BCUT2D eigenvalue weighted by molar-refractivity contribution is 6.12. The van der Waals surface area contributed by atoms with E-state index in [0.29, 0.717) is 6.54 Å². The number of benzene rings is 1. The molecular formula is C13H9N3O. The van der Waals surface area contributed by atoms with Crippen molar-refractivity contribution in [3.63, 3.8) is 0 Å². The molecule has 4 nitrogen and oxygen atoms in total. The minimum Gasteiger partial charge on any atom is -0.353 e. The number of hydrogen-bond donors (Lipinski definition) is 2. The third-order valence-corrected chi connectivity index (χ3v) is 3.30. The van der Waals surface area contributed by atoms with Gasteiger partial charge in [-0.25, -0.2) is 0 Å². The maximum absolute atomic E-state index is 11.6. The van der Waals surface area contributed by atoms with Crippen molar-refractivity contribution in [2.45, 2.75) is 6.54 Å². The summed E-state index contributed by atoms with van der Waals surface area (Å²) in [4.78, 5) is 19.3. The van der Waals surface area contributed by atoms with Crippen LogP contribution in [0, 0.1) is 0 Å². The Balaban J connectivity index is 2.26. The number of carbonyl (C=O) groups excluding carboxylic acids is 1. The molecule has 0 bridgehead atoms. The highest BCUT2D eigenvalue weighted by atomic mass is 16.1. The van der Waals surface area contributed by atoms with Gasteiger partial charge in [0.2, 0.25) is 0 Å². The van der Waals surface area contributed by atoms with Crippen LogP contribution in [0.2, 0.25) is 0 Å². The number of pyridine rings is 1. The molecule has 1 aliphatic heterocycles. The standard InChI is InChI=1S/C13H9N3O/c17-13-7-3-4-9-11(8(7)6-15-13)12-10(16-9)2-1-5-14-12/h1-5,16H,6H2,(H,15,17). The Morgan fingerprint density at radius 2 is 2.12 bits per heavy atom. The topological polar surface area (TPSA) is 57.8 Å². The number of carbonyl (C=O) groups is 1. The van der Waals surface area contributed by atoms with E-state index in [1.165, 1.54) is 0 Å². The van der Waals surface area contributed by atoms with Crippen molar-refractivity contribution in [1.82, 2.24) is 15.3 Å². The molecule has 3 aromatic rings. The van der Waals surface area contributed by atoms with Crippen molar-refractivity contribution in [2.75, 3.05) is 0 Å². The number of H-pyrrole nitrogens is 1. The molecule has 3 heterocycles. The van der Waals surface area contributed by atoms with Gasteiger partial charge in [0.15, 0.2) is 0 Å². The summed E-state index contributed by atoms with van der Waals surface area (Å²) >= 11 is 0. The molecule has 0 spiro atoms. The average molecular weight is 223 g/mol. The fourth-order valence-corrected chi connectivity index (χ4v) is 2.53. The third-order valence-electron chi connectivity index (χ3n) is 3.30. The lowest BCUT2D eigenvalue weighted by atomic mass is 10.0. The number of aromatic nitrogens is 2. The fraction of sp³-hybridized carbons (Fsp3) is 0.0769. The molecule has 17 heavy (non-hydrogen) atoms. The van der Waals surface area contributed by atoms with E-state index in [0.717, 1.165) is 33.1 Å². The summed E-state index contributed by atoms with van der Waals surface area (Å²) in [7, 11) is 0. The van der Waals surface area contributed by atoms with E-state index >= 15 is 0 Å². The zero-order chi connectivity index (χ0) is 11.4. The summed E-state index contributed by atoms with van der Waals surface area (Å²) in [5.41, 5.74) is 4.81. The fourth-order valence-electron chi connectivity index (χ4n) is 2.53. The predicted octanol–water partition coefficient (Wildman–Crippen LogP) is 1.96. The first-order valence-electron chi connectivity index (χ1n) is 5.51. The smallest absolute Gasteiger partial charge is 0.251 e. The number of nitrogens with zero attached hydrogens (tertiary/aromatic N) is 1. The highest BCUT2D eigenvalue weighted by Gasteiger charge is 2.22. The van der Waals surface area contributed by atoms with Gasteiger partial charge in [-0.3, -0.25) is 9.78 Å². The van der Waals surface area contributed by atoms with Crippen molar-refractivity contribution in [3.8, 4) is 0 Å². The van der Waals surface area contributed by atoms with Crippen LogP contribution in [0.15, 0.2) is 30.5 Å². The molecule has 2 aromatic heterocycles. The van der Waals surface area contributed by atoms with Crippen LogP contribution < -0.4 is 5.32 Å². The molecule has 0 fully saturated rings. The maximum atomic E-state index is 11.6. The average Bonchev–Trinajstić information content (AvgIpc) is 2.90. The second kappa shape index (κ2) is 2.85. The zero-order valence-corrected chi connectivity index (χ0v) is 8.95. The first-order chi connectivity index (χ1) is 8.34. The number of hydrogen-bond acceptors (Lipinski definition) is 2. The number of aromatic amines is 1. The first-order valence-corrected chi connectivity index (χ1v) is 5.51. The summed E-state index contributed by atoms with van der Waals surface area (Å²) in [5.74, 6) is 0.00665. The van der Waals surface area contributed by atoms with Crippen LogP contribution in [-0.2, 0) is 6.54 Å². The van der Waals surface area contributed by atoms with Gasteiger partial charge in [0.1, 0.15) is 0 Å². The number of rotatable bonds is 0. The van der Waals surface area contributed by atoms with Crippen LogP contribution >= 0.6 is 0 Å². The monoisotopic (exact) mass is 223 g/mol. The molecule has 0 radical (unpaired) electrons. The van der Waals surface area contributed by atoms with E-state index in [1.807, 2.05) is 24.3 Å². The second-order valence-electron chi connectivity index (χ2n) is 4.22. The molecule has 0 saturated carbocycles. The zero-order valence-electron chi connectivity index (χ0n) is 8.95.